The van der Waals surface area contributed by atoms with Gasteiger partial charge in [-0.1, -0.05) is 0 Å². The molecule has 2 N–H and O–H groups in total. The Morgan fingerprint density at radius 1 is 0.800 bits per heavy atom. The molecule has 0 spiro atoms. The molecule has 0 aromatic rings. The summed E-state index contributed by atoms with van der Waals surface area (Å²) >= 11 is 0. The van der Waals surface area contributed by atoms with Crippen molar-refractivity contribution in [1.29, 1.82) is 0 Å². The van der Waals surface area contributed by atoms with Crippen molar-refractivity contribution in [2.24, 2.45) is 0 Å². The van der Waals surface area contributed by atoms with E-state index in [0.29, 0.717) is 0 Å². The third-order valence-corrected chi connectivity index (χ3v) is 0. The molecule has 0 aromatic heterocycles. The molecular weight excluding hydrogens is 198 g/mol. The first kappa shape index (κ1) is 44.9. The Morgan fingerprint density at radius 3 is 0.800 bits per heavy atom. The van der Waals surface area contributed by atoms with Gasteiger partial charge in [-0.05, 0) is 0 Å². The van der Waals surface area contributed by atoms with Crippen molar-refractivity contribution in [3.63, 3.8) is 0 Å². The van der Waals surface area contributed by atoms with Crippen LogP contribution in [0.4, 0.5) is 0 Å². The molecule has 7 nitrogen and oxygen atoms in total. The van der Waals surface area contributed by atoms with Crippen molar-refractivity contribution >= 4 is 45.1 Å². The van der Waals surface area contributed by atoms with Gasteiger partial charge in [0.05, 0.1) is 0 Å². The molecule has 0 saturated heterocycles. The Hall–Kier alpha value is 0.815. The van der Waals surface area contributed by atoms with Crippen molar-refractivity contribution in [2.75, 3.05) is 0 Å². The van der Waals surface area contributed by atoms with Crippen LogP contribution in [0.15, 0.2) is 0 Å². The van der Waals surface area contributed by atoms with Gasteiger partial charge in [0.25, 0.3) is 0 Å². The van der Waals surface area contributed by atoms with E-state index in [0.717, 1.165) is 0 Å². The second-order valence-corrected chi connectivity index (χ2v) is 1.34. The van der Waals surface area contributed by atoms with E-state index < -0.39 is 10.4 Å². The number of hydrogen-bond donors (Lipinski definition) is 2. The van der Waals surface area contributed by atoms with E-state index in [1.54, 1.807) is 0 Å². The molecule has 0 aromatic carbocycles. The largest absolute Gasteiger partial charge is 3.00 e. The van der Waals surface area contributed by atoms with Crippen LogP contribution in [0.25, 0.3) is 0 Å². The van der Waals surface area contributed by atoms with Gasteiger partial charge < -0.3 is 16.4 Å². The van der Waals surface area contributed by atoms with Crippen LogP contribution in [0.1, 0.15) is 0 Å². The predicted octanol–water partition coefficient (Wildman–Crippen LogP) is -1.77. The summed E-state index contributed by atoms with van der Waals surface area (Å²) in [6.07, 6.45) is 0. The molecule has 10 heteroatoms. The molecule has 0 saturated carbocycles. The van der Waals surface area contributed by atoms with Crippen LogP contribution >= 0.6 is 0 Å². The zero-order chi connectivity index (χ0) is 4.50. The van der Waals surface area contributed by atoms with Gasteiger partial charge in [0.1, 0.15) is 0 Å². The molecule has 0 unspecified atom stereocenters. The standard InChI is InChI=1S/2Al.H2O4S.3O/c;;1-5(2,3)4;;;/h;;(H2,1,2,3,4);;;/q2*+3;;3*-2. The van der Waals surface area contributed by atoms with E-state index in [9.17, 15) is 0 Å². The fourth-order valence-corrected chi connectivity index (χ4v) is 0. The van der Waals surface area contributed by atoms with Gasteiger partial charge in [-0.15, -0.1) is 0 Å². The summed E-state index contributed by atoms with van der Waals surface area (Å²) in [7, 11) is -4.67. The summed E-state index contributed by atoms with van der Waals surface area (Å²) in [5, 5.41) is 0. The van der Waals surface area contributed by atoms with Crippen molar-refractivity contribution in [3.8, 4) is 0 Å². The molecule has 0 bridgehead atoms. The minimum absolute atomic E-state index is 0. The van der Waals surface area contributed by atoms with Crippen molar-refractivity contribution in [1.82, 2.24) is 0 Å². The summed E-state index contributed by atoms with van der Waals surface area (Å²) in [6, 6.07) is 0. The van der Waals surface area contributed by atoms with Gasteiger partial charge in [0.15, 0.2) is 0 Å². The SMILES string of the molecule is O=S(=O)(O)O.[Al+3].[Al+3].[O-2].[O-2].[O-2]. The molecule has 56 valence electrons. The van der Waals surface area contributed by atoms with E-state index in [1.165, 1.54) is 0 Å². The summed E-state index contributed by atoms with van der Waals surface area (Å²) in [5.41, 5.74) is 0. The van der Waals surface area contributed by atoms with E-state index in [-0.39, 0.29) is 51.2 Å². The minimum atomic E-state index is -4.67. The van der Waals surface area contributed by atoms with Crippen LogP contribution in [-0.4, -0.2) is 52.2 Å². The minimum Gasteiger partial charge on any atom is -2.00 e. The Balaban J connectivity index is -0.00000000800. The molecule has 0 atom stereocenters. The van der Waals surface area contributed by atoms with Gasteiger partial charge in [0, 0.05) is 0 Å². The van der Waals surface area contributed by atoms with Crippen LogP contribution in [0.2, 0.25) is 0 Å². The fraction of sp³-hybridized carbons (Fsp3) is 0. The van der Waals surface area contributed by atoms with Crippen LogP contribution in [0.5, 0.6) is 0 Å². The zero-order valence-corrected chi connectivity index (χ0v) is 7.62. The fourth-order valence-electron chi connectivity index (χ4n) is 0. The van der Waals surface area contributed by atoms with Crippen LogP contribution in [0, 0.1) is 0 Å². The monoisotopic (exact) mass is 200 g/mol. The molecule has 0 rings (SSSR count). The van der Waals surface area contributed by atoms with E-state index in [1.807, 2.05) is 0 Å². The van der Waals surface area contributed by atoms with Gasteiger partial charge in [-0.25, -0.2) is 0 Å². The predicted molar refractivity (Wildman–Crippen MR) is 27.7 cm³/mol. The maximum atomic E-state index is 8.74. The van der Waals surface area contributed by atoms with Crippen molar-refractivity contribution < 1.29 is 34.0 Å². The Kier molecular flexibility index (Phi) is 73.8. The van der Waals surface area contributed by atoms with Gasteiger partial charge in [-0.3, -0.25) is 9.11 Å². The molecule has 0 aliphatic heterocycles. The maximum absolute atomic E-state index is 8.74. The maximum Gasteiger partial charge on any atom is 3.00 e. The van der Waals surface area contributed by atoms with Gasteiger partial charge in [-0.2, -0.15) is 8.42 Å². The first-order chi connectivity index (χ1) is 2.00. The Labute approximate surface area is 79.2 Å². The molecular formula is H2Al2O7S. The molecule has 0 heterocycles. The Bertz CT molecular complexity index is 94.8. The summed E-state index contributed by atoms with van der Waals surface area (Å²) in [5.74, 6) is 0. The average Bonchev–Trinajstić information content (AvgIpc) is 0.722. The average molecular weight is 200 g/mol. The summed E-state index contributed by atoms with van der Waals surface area (Å²) in [6.45, 7) is 0. The van der Waals surface area contributed by atoms with E-state index in [4.69, 9.17) is 17.5 Å². The molecule has 0 fully saturated rings. The molecule has 0 aliphatic carbocycles. The third-order valence-electron chi connectivity index (χ3n) is 0. The zero-order valence-electron chi connectivity index (χ0n) is 4.50. The molecule has 10 heavy (non-hydrogen) atoms. The second-order valence-electron chi connectivity index (χ2n) is 0.448. The molecule has 0 radical (unpaired) electrons. The van der Waals surface area contributed by atoms with Crippen molar-refractivity contribution in [3.05, 3.63) is 0 Å². The molecule has 0 amide bonds. The first-order valence-corrected chi connectivity index (χ1v) is 2.10. The van der Waals surface area contributed by atoms with Gasteiger partial charge >= 0.3 is 45.1 Å². The number of rotatable bonds is 0. The summed E-state index contributed by atoms with van der Waals surface area (Å²) < 4.78 is 31.6. The second kappa shape index (κ2) is 16.4. The molecule has 0 aliphatic rings. The van der Waals surface area contributed by atoms with Crippen LogP contribution in [-0.2, 0) is 26.8 Å². The van der Waals surface area contributed by atoms with Crippen LogP contribution in [0.3, 0.4) is 0 Å². The topological polar surface area (TPSA) is 160 Å². The van der Waals surface area contributed by atoms with Gasteiger partial charge in [0.2, 0.25) is 0 Å². The number of hydrogen-bond acceptors (Lipinski definition) is 2. The van der Waals surface area contributed by atoms with E-state index in [2.05, 4.69) is 0 Å². The quantitative estimate of drug-likeness (QED) is 0.349. The van der Waals surface area contributed by atoms with Crippen LogP contribution < -0.4 is 0 Å². The smallest absolute Gasteiger partial charge is 2.00 e. The summed E-state index contributed by atoms with van der Waals surface area (Å²) in [4.78, 5) is 0. The van der Waals surface area contributed by atoms with Crippen molar-refractivity contribution in [2.45, 2.75) is 0 Å². The Morgan fingerprint density at radius 2 is 0.800 bits per heavy atom. The first-order valence-electron chi connectivity index (χ1n) is 0.698. The third kappa shape index (κ3) is 811. The normalized spacial score (nSPS) is 5.80. The van der Waals surface area contributed by atoms with E-state index >= 15 is 0 Å².